The third-order valence-electron chi connectivity index (χ3n) is 10.3. The van der Waals surface area contributed by atoms with E-state index in [2.05, 4.69) is 20.9 Å². The van der Waals surface area contributed by atoms with Crippen molar-refractivity contribution in [1.29, 1.82) is 0 Å². The van der Waals surface area contributed by atoms with E-state index in [1.807, 2.05) is 35.8 Å². The molecule has 2 aromatic heterocycles. The van der Waals surface area contributed by atoms with Crippen molar-refractivity contribution in [2.24, 2.45) is 5.92 Å². The number of nitrogens with zero attached hydrogens (tertiary/aromatic N) is 5. The van der Waals surface area contributed by atoms with Crippen molar-refractivity contribution in [3.05, 3.63) is 59.9 Å². The van der Waals surface area contributed by atoms with E-state index in [4.69, 9.17) is 20.3 Å². The largest absolute Gasteiger partial charge is 0.445 e. The highest BCUT2D eigenvalue weighted by Gasteiger charge is 2.33. The lowest BCUT2D eigenvalue weighted by atomic mass is 10.0. The lowest BCUT2D eigenvalue weighted by Gasteiger charge is -2.24. The Bertz CT molecular complexity index is 2320. The van der Waals surface area contributed by atoms with E-state index in [1.165, 1.54) is 11.8 Å². The van der Waals surface area contributed by atoms with E-state index < -0.39 is 53.4 Å². The van der Waals surface area contributed by atoms with E-state index in [0.717, 1.165) is 5.39 Å². The Kier molecular flexibility index (Phi) is 15.8. The van der Waals surface area contributed by atoms with Crippen LogP contribution in [0.5, 0.6) is 0 Å². The fraction of sp³-hybridized carbons (Fsp3) is 0.477. The fourth-order valence-corrected chi connectivity index (χ4v) is 6.92. The number of imide groups is 1. The van der Waals surface area contributed by atoms with E-state index in [1.54, 1.807) is 52.0 Å². The Morgan fingerprint density at radius 2 is 1.57 bits per heavy atom. The highest BCUT2D eigenvalue weighted by atomic mass is 16.7. The van der Waals surface area contributed by atoms with Gasteiger partial charge in [-0.25, -0.2) is 19.6 Å². The number of ether oxygens (including phenoxy) is 1. The second-order valence-electron chi connectivity index (χ2n) is 16.5. The topological polar surface area (TPSA) is 257 Å². The predicted molar refractivity (Wildman–Crippen MR) is 232 cm³/mol. The summed E-state index contributed by atoms with van der Waals surface area (Å²) in [5, 5.41) is 20.3. The number of rotatable bonds is 20. The van der Waals surface area contributed by atoms with Crippen molar-refractivity contribution in [3.8, 4) is 0 Å². The molecule has 0 aliphatic carbocycles. The van der Waals surface area contributed by atoms with Crippen LogP contribution in [0.1, 0.15) is 97.9 Å². The van der Waals surface area contributed by atoms with Gasteiger partial charge >= 0.3 is 12.1 Å². The molecule has 1 saturated heterocycles. The van der Waals surface area contributed by atoms with Gasteiger partial charge in [-0.1, -0.05) is 50.6 Å². The Labute approximate surface area is 365 Å². The number of carbonyl (C=O) groups excluding carboxylic acids is 7. The van der Waals surface area contributed by atoms with Gasteiger partial charge in [-0.2, -0.15) is 0 Å². The zero-order valence-corrected chi connectivity index (χ0v) is 36.6. The number of imidazole rings is 1. The molecule has 5 rings (SSSR count). The number of unbranched alkanes of at least 4 members (excludes halogenated alkanes) is 2. The van der Waals surface area contributed by atoms with Gasteiger partial charge < -0.3 is 45.8 Å². The first-order chi connectivity index (χ1) is 29.8. The number of nitrogens with two attached hydrogens (primary N) is 1. The van der Waals surface area contributed by atoms with Crippen LogP contribution < -0.4 is 21.7 Å². The maximum atomic E-state index is 13.4. The van der Waals surface area contributed by atoms with Crippen molar-refractivity contribution in [2.45, 2.75) is 124 Å². The second-order valence-corrected chi connectivity index (χ2v) is 16.5. The summed E-state index contributed by atoms with van der Waals surface area (Å²) in [4.78, 5) is 103. The molecule has 338 valence electrons. The number of para-hydroxylation sites is 1. The molecule has 1 aliphatic rings. The van der Waals surface area contributed by atoms with Crippen LogP contribution in [-0.2, 0) is 58.0 Å². The van der Waals surface area contributed by atoms with Crippen molar-refractivity contribution in [3.63, 3.8) is 0 Å². The van der Waals surface area contributed by atoms with E-state index in [0.29, 0.717) is 64.5 Å². The highest BCUT2D eigenvalue weighted by Crippen LogP contribution is 2.30. The molecule has 2 atom stereocenters. The van der Waals surface area contributed by atoms with Gasteiger partial charge in [0.1, 0.15) is 30.0 Å². The van der Waals surface area contributed by atoms with Crippen molar-refractivity contribution in [1.82, 2.24) is 35.1 Å². The maximum Gasteiger partial charge on any atom is 0.410 e. The molecule has 1 aliphatic heterocycles. The van der Waals surface area contributed by atoms with Crippen LogP contribution in [0.4, 0.5) is 16.3 Å². The summed E-state index contributed by atoms with van der Waals surface area (Å²) in [6.07, 6.45) is 0.801. The van der Waals surface area contributed by atoms with Gasteiger partial charge in [0, 0.05) is 43.3 Å². The molecular weight excluding hydrogens is 815 g/mol. The Morgan fingerprint density at radius 1 is 0.905 bits per heavy atom. The SMILES string of the molecule is CCN(Cc1nc2c(N)nc3ccccc3c2n1CC(C)(C)O)C(=O)OCc1ccc(NC(=O)[C@H](C)NC(=O)[C@@H](NC(=O)CCCCCC(=O)ON2C(=O)CCC2=O)C(C)C)cc1. The van der Waals surface area contributed by atoms with Crippen LogP contribution in [-0.4, -0.2) is 95.4 Å². The molecule has 0 radical (unpaired) electrons. The van der Waals surface area contributed by atoms with Crippen LogP contribution in [0, 0.1) is 5.92 Å². The molecule has 19 heteroatoms. The Morgan fingerprint density at radius 3 is 2.22 bits per heavy atom. The maximum absolute atomic E-state index is 13.4. The normalized spacial score (nSPS) is 13.9. The molecule has 1 fully saturated rings. The number of carbonyl (C=O) groups is 7. The fourth-order valence-electron chi connectivity index (χ4n) is 6.92. The van der Waals surface area contributed by atoms with E-state index >= 15 is 0 Å². The van der Waals surface area contributed by atoms with E-state index in [-0.39, 0.29) is 63.0 Å². The molecule has 0 bridgehead atoms. The average molecular weight is 872 g/mol. The number of hydrogen-bond acceptors (Lipinski definition) is 13. The number of nitrogen functional groups attached to an aromatic ring is 1. The van der Waals surface area contributed by atoms with Crippen molar-refractivity contribution in [2.75, 3.05) is 17.6 Å². The molecule has 63 heavy (non-hydrogen) atoms. The van der Waals surface area contributed by atoms with Crippen LogP contribution in [0.3, 0.4) is 0 Å². The third-order valence-corrected chi connectivity index (χ3v) is 10.3. The average Bonchev–Trinajstić information content (AvgIpc) is 3.74. The molecule has 6 amide bonds. The number of aromatic nitrogens is 3. The van der Waals surface area contributed by atoms with Gasteiger partial charge in [0.25, 0.3) is 11.8 Å². The van der Waals surface area contributed by atoms with Crippen molar-refractivity contribution >= 4 is 75.0 Å². The lowest BCUT2D eigenvalue weighted by Crippen LogP contribution is -2.53. The number of benzene rings is 2. The number of nitrogens with one attached hydrogen (secondary N) is 3. The minimum atomic E-state index is -1.11. The summed E-state index contributed by atoms with van der Waals surface area (Å²) in [6.45, 7) is 10.8. The zero-order chi connectivity index (χ0) is 46.0. The van der Waals surface area contributed by atoms with Gasteiger partial charge in [0.05, 0.1) is 29.7 Å². The molecule has 2 aromatic carbocycles. The van der Waals surface area contributed by atoms with Crippen LogP contribution >= 0.6 is 0 Å². The molecule has 3 heterocycles. The Balaban J connectivity index is 1.07. The molecule has 0 unspecified atom stereocenters. The van der Waals surface area contributed by atoms with Crippen LogP contribution in [0.25, 0.3) is 21.9 Å². The summed E-state index contributed by atoms with van der Waals surface area (Å²) in [5.41, 5.74) is 8.19. The lowest BCUT2D eigenvalue weighted by molar-refractivity contribution is -0.197. The molecular formula is C44H57N9O10. The summed E-state index contributed by atoms with van der Waals surface area (Å²) >= 11 is 0. The number of fused-ring (bicyclic) bond motifs is 3. The minimum absolute atomic E-state index is 0.0112. The van der Waals surface area contributed by atoms with E-state index in [9.17, 15) is 38.7 Å². The molecule has 6 N–H and O–H groups in total. The quantitative estimate of drug-likeness (QED) is 0.0616. The summed E-state index contributed by atoms with van der Waals surface area (Å²) < 4.78 is 7.53. The number of anilines is 2. The van der Waals surface area contributed by atoms with Gasteiger partial charge in [-0.15, -0.1) is 5.06 Å². The zero-order valence-electron chi connectivity index (χ0n) is 36.6. The number of hydroxylamine groups is 2. The summed E-state index contributed by atoms with van der Waals surface area (Å²) in [7, 11) is 0. The van der Waals surface area contributed by atoms with Gasteiger partial charge in [-0.05, 0) is 70.2 Å². The summed E-state index contributed by atoms with van der Waals surface area (Å²) in [6, 6.07) is 12.3. The van der Waals surface area contributed by atoms with Crippen molar-refractivity contribution < 1.29 is 48.2 Å². The Hall–Kier alpha value is -6.63. The first kappa shape index (κ1) is 47.4. The number of aliphatic hydroxyl groups is 1. The molecule has 0 saturated carbocycles. The molecule has 4 aromatic rings. The first-order valence-electron chi connectivity index (χ1n) is 21.1. The predicted octanol–water partition coefficient (Wildman–Crippen LogP) is 4.24. The highest BCUT2D eigenvalue weighted by molar-refractivity contribution is 6.06. The standard InChI is InChI=1S/C44H57N9O10/c1-7-51(23-32-49-38-39(52(32)25-44(5,6)61)30-13-11-12-14-31(30)48-40(38)45)43(60)62-24-28-17-19-29(20-18-28)47-41(58)27(4)46-42(59)37(26(2)3)50-33(54)15-9-8-10-16-36(57)63-53-34(55)21-22-35(53)56/h11-14,17-20,26-27,37,61H,7-10,15-16,21-25H2,1-6H3,(H2,45,48)(H,46,59)(H,47,58)(H,50,54)/t27-,37-/m0/s1. The van der Waals surface area contributed by atoms with Gasteiger partial charge in [0.2, 0.25) is 17.7 Å². The number of amides is 6. The number of hydrogen-bond donors (Lipinski definition) is 5. The van der Waals surface area contributed by atoms with Gasteiger partial charge in [0.15, 0.2) is 5.82 Å². The minimum Gasteiger partial charge on any atom is -0.445 e. The number of pyridine rings is 1. The summed E-state index contributed by atoms with van der Waals surface area (Å²) in [5.74, 6) is -2.74. The molecule has 0 spiro atoms. The van der Waals surface area contributed by atoms with Gasteiger partial charge in [-0.3, -0.25) is 24.0 Å². The first-order valence-corrected chi connectivity index (χ1v) is 21.1. The van der Waals surface area contributed by atoms with Crippen LogP contribution in [0.2, 0.25) is 0 Å². The second kappa shape index (κ2) is 21.0. The third kappa shape index (κ3) is 12.7. The molecule has 19 nitrogen and oxygen atoms in total. The smallest absolute Gasteiger partial charge is 0.410 e. The van der Waals surface area contributed by atoms with Crippen LogP contribution in [0.15, 0.2) is 48.5 Å². The monoisotopic (exact) mass is 871 g/mol.